The fourth-order valence-electron chi connectivity index (χ4n) is 2.65. The van der Waals surface area contributed by atoms with Crippen molar-refractivity contribution in [2.75, 3.05) is 36.1 Å². The monoisotopic (exact) mass is 445 g/mol. The highest BCUT2D eigenvalue weighted by Gasteiger charge is 2.16. The lowest BCUT2D eigenvalue weighted by atomic mass is 10.2. The molecule has 2 aromatic heterocycles. The summed E-state index contributed by atoms with van der Waals surface area (Å²) in [7, 11) is 1.74. The molecule has 0 aliphatic rings. The van der Waals surface area contributed by atoms with Crippen molar-refractivity contribution in [1.29, 1.82) is 0 Å². The third-order valence-electron chi connectivity index (χ3n) is 4.13. The molecule has 0 spiro atoms. The van der Waals surface area contributed by atoms with Gasteiger partial charge >= 0.3 is 6.09 Å². The van der Waals surface area contributed by atoms with Crippen molar-refractivity contribution >= 4 is 29.5 Å². The molecule has 0 aromatic carbocycles. The maximum absolute atomic E-state index is 12.7. The number of hydrogen-bond acceptors (Lipinski definition) is 8. The van der Waals surface area contributed by atoms with E-state index in [1.54, 1.807) is 19.2 Å². The van der Waals surface area contributed by atoms with Crippen molar-refractivity contribution in [3.8, 4) is 0 Å². The van der Waals surface area contributed by atoms with Crippen LogP contribution in [0, 0.1) is 0 Å². The summed E-state index contributed by atoms with van der Waals surface area (Å²) in [5.41, 5.74) is -0.518. The van der Waals surface area contributed by atoms with Crippen LogP contribution in [0.4, 0.5) is 22.2 Å². The first-order valence-electron chi connectivity index (χ1n) is 10.4. The minimum absolute atomic E-state index is 0.232. The number of ether oxygens (including phenoxy) is 1. The van der Waals surface area contributed by atoms with Crippen molar-refractivity contribution in [1.82, 2.24) is 20.5 Å². The smallest absolute Gasteiger partial charge is 0.407 e. The summed E-state index contributed by atoms with van der Waals surface area (Å²) < 4.78 is 5.19. The highest BCUT2D eigenvalue weighted by Crippen LogP contribution is 2.18. The van der Waals surface area contributed by atoms with Crippen LogP contribution in [-0.4, -0.2) is 52.9 Å². The molecule has 0 aliphatic heterocycles. The summed E-state index contributed by atoms with van der Waals surface area (Å²) >= 11 is 0. The van der Waals surface area contributed by atoms with Gasteiger partial charge in [-0.05, 0) is 58.2 Å². The zero-order valence-corrected chi connectivity index (χ0v) is 18.9. The van der Waals surface area contributed by atoms with Crippen molar-refractivity contribution in [2.45, 2.75) is 45.6 Å². The minimum atomic E-state index is -0.513. The highest BCUT2D eigenvalue weighted by molar-refractivity contribution is 6.07. The number of H-pyrrole nitrogens is 1. The predicted molar refractivity (Wildman–Crippen MR) is 123 cm³/mol. The quantitative estimate of drug-likeness (QED) is 0.350. The maximum atomic E-state index is 12.7. The van der Waals surface area contributed by atoms with Crippen molar-refractivity contribution in [2.24, 2.45) is 0 Å². The molecule has 0 radical (unpaired) electrons. The molecule has 0 fully saturated rings. The molecule has 2 aromatic rings. The van der Waals surface area contributed by atoms with Crippen LogP contribution < -0.4 is 26.8 Å². The number of alkyl carbamates (subject to hydrolysis) is 1. The molecule has 0 saturated carbocycles. The van der Waals surface area contributed by atoms with E-state index < -0.39 is 17.6 Å². The first-order chi connectivity index (χ1) is 15.2. The Morgan fingerprint density at radius 2 is 1.75 bits per heavy atom. The van der Waals surface area contributed by atoms with E-state index in [-0.39, 0.29) is 11.4 Å². The Bertz CT molecular complexity index is 949. The van der Waals surface area contributed by atoms with Crippen molar-refractivity contribution in [3.05, 3.63) is 40.2 Å². The molecule has 2 heterocycles. The van der Waals surface area contributed by atoms with Crippen LogP contribution in [-0.2, 0) is 4.74 Å². The Kier molecular flexibility index (Phi) is 8.99. The maximum Gasteiger partial charge on any atom is 0.407 e. The molecule has 11 nitrogen and oxygen atoms in total. The Morgan fingerprint density at radius 1 is 1.03 bits per heavy atom. The number of anilines is 3. The molecule has 11 heteroatoms. The van der Waals surface area contributed by atoms with Crippen LogP contribution >= 0.6 is 0 Å². The van der Waals surface area contributed by atoms with E-state index in [2.05, 4.69) is 36.4 Å². The van der Waals surface area contributed by atoms with Gasteiger partial charge < -0.3 is 26.0 Å². The number of amides is 2. The van der Waals surface area contributed by atoms with E-state index in [9.17, 15) is 14.4 Å². The lowest BCUT2D eigenvalue weighted by Gasteiger charge is -2.19. The normalized spacial score (nSPS) is 10.9. The van der Waals surface area contributed by atoms with E-state index in [0.29, 0.717) is 30.3 Å². The van der Waals surface area contributed by atoms with E-state index in [1.807, 2.05) is 20.8 Å². The van der Waals surface area contributed by atoms with Crippen LogP contribution in [0.3, 0.4) is 0 Å². The summed E-state index contributed by atoms with van der Waals surface area (Å²) in [4.78, 5) is 39.8. The lowest BCUT2D eigenvalue weighted by Crippen LogP contribution is -2.33. The third kappa shape index (κ3) is 8.62. The topological polar surface area (TPSA) is 150 Å². The molecular weight excluding hydrogens is 414 g/mol. The second-order valence-corrected chi connectivity index (χ2v) is 8.02. The van der Waals surface area contributed by atoms with E-state index >= 15 is 0 Å². The second-order valence-electron chi connectivity index (χ2n) is 8.02. The van der Waals surface area contributed by atoms with E-state index in [4.69, 9.17) is 4.74 Å². The largest absolute Gasteiger partial charge is 0.444 e. The van der Waals surface area contributed by atoms with Crippen molar-refractivity contribution in [3.63, 3.8) is 0 Å². The van der Waals surface area contributed by atoms with Gasteiger partial charge in [0.2, 0.25) is 0 Å². The van der Waals surface area contributed by atoms with Gasteiger partial charge in [-0.1, -0.05) is 0 Å². The number of carbonyl (C=O) groups excluding carboxylic acids is 2. The standard InChI is InChI=1S/C21H31N7O4/c1-21(2,3)32-20(31)24-13-7-5-6-12-23-18-14(8-9-15(22-4)25-18)19(30)26-16-10-11-17(29)28-27-16/h8-11H,5-7,12-13H2,1-4H3,(H,24,31)(H,28,29)(H2,22,23,25)(H,26,27,30). The van der Waals surface area contributed by atoms with Crippen LogP contribution in [0.25, 0.3) is 0 Å². The van der Waals surface area contributed by atoms with Gasteiger partial charge in [0.15, 0.2) is 5.82 Å². The fourth-order valence-corrected chi connectivity index (χ4v) is 2.65. The van der Waals surface area contributed by atoms with E-state index in [0.717, 1.165) is 19.3 Å². The molecule has 0 aliphatic carbocycles. The molecule has 174 valence electrons. The zero-order valence-electron chi connectivity index (χ0n) is 18.9. The number of pyridine rings is 1. The second kappa shape index (κ2) is 11.7. The number of unbranched alkanes of at least 4 members (excludes halogenated alkanes) is 2. The number of aromatic nitrogens is 3. The molecule has 0 bridgehead atoms. The number of carbonyl (C=O) groups is 2. The summed E-state index contributed by atoms with van der Waals surface area (Å²) in [5.74, 6) is 0.887. The van der Waals surface area contributed by atoms with Gasteiger partial charge in [0.25, 0.3) is 11.5 Å². The van der Waals surface area contributed by atoms with Crippen molar-refractivity contribution < 1.29 is 14.3 Å². The van der Waals surface area contributed by atoms with Gasteiger partial charge in [0.05, 0.1) is 5.56 Å². The van der Waals surface area contributed by atoms with E-state index in [1.165, 1.54) is 12.1 Å². The number of nitrogens with one attached hydrogen (secondary N) is 5. The molecule has 2 rings (SSSR count). The van der Waals surface area contributed by atoms with Crippen LogP contribution in [0.5, 0.6) is 0 Å². The van der Waals surface area contributed by atoms with Gasteiger partial charge in [0, 0.05) is 26.2 Å². The molecule has 0 unspecified atom stereocenters. The molecule has 32 heavy (non-hydrogen) atoms. The van der Waals surface area contributed by atoms with Gasteiger partial charge in [0.1, 0.15) is 17.2 Å². The zero-order chi connectivity index (χ0) is 23.6. The first kappa shape index (κ1) is 24.6. The first-order valence-corrected chi connectivity index (χ1v) is 10.4. The van der Waals surface area contributed by atoms with Gasteiger partial charge in [-0.25, -0.2) is 14.9 Å². The number of rotatable bonds is 10. The Labute approximate surface area is 186 Å². The molecular formula is C21H31N7O4. The lowest BCUT2D eigenvalue weighted by molar-refractivity contribution is 0.0527. The van der Waals surface area contributed by atoms with Crippen LogP contribution in [0.1, 0.15) is 50.4 Å². The summed E-state index contributed by atoms with van der Waals surface area (Å²) in [5, 5.41) is 17.6. The van der Waals surface area contributed by atoms with Gasteiger partial charge in [-0.15, -0.1) is 0 Å². The minimum Gasteiger partial charge on any atom is -0.444 e. The van der Waals surface area contributed by atoms with Crippen LogP contribution in [0.15, 0.2) is 29.1 Å². The Morgan fingerprint density at radius 3 is 2.41 bits per heavy atom. The molecule has 0 atom stereocenters. The number of aromatic amines is 1. The van der Waals surface area contributed by atoms with Gasteiger partial charge in [-0.3, -0.25) is 9.59 Å². The summed E-state index contributed by atoms with van der Waals surface area (Å²) in [6.07, 6.45) is 2.08. The fraction of sp³-hybridized carbons (Fsp3) is 0.476. The van der Waals surface area contributed by atoms with Gasteiger partial charge in [-0.2, -0.15) is 5.10 Å². The number of hydrogen-bond donors (Lipinski definition) is 5. The number of nitrogens with zero attached hydrogens (tertiary/aromatic N) is 2. The van der Waals surface area contributed by atoms with Crippen LogP contribution in [0.2, 0.25) is 0 Å². The summed E-state index contributed by atoms with van der Waals surface area (Å²) in [6.45, 7) is 6.59. The molecule has 2 amide bonds. The summed E-state index contributed by atoms with van der Waals surface area (Å²) in [6, 6.07) is 6.06. The molecule has 0 saturated heterocycles. The SMILES string of the molecule is CNc1ccc(C(=O)Nc2ccc(=O)[nH]n2)c(NCCCCCNC(=O)OC(C)(C)C)n1. The Balaban J connectivity index is 1.84. The average molecular weight is 446 g/mol. The average Bonchev–Trinajstić information content (AvgIpc) is 2.73. The molecule has 5 N–H and O–H groups in total. The third-order valence-corrected chi connectivity index (χ3v) is 4.13. The Hall–Kier alpha value is -3.63. The predicted octanol–water partition coefficient (Wildman–Crippen LogP) is 2.57. The highest BCUT2D eigenvalue weighted by atomic mass is 16.6.